The van der Waals surface area contributed by atoms with Gasteiger partial charge in [0.05, 0.1) is 0 Å². The van der Waals surface area contributed by atoms with Crippen LogP contribution in [0.3, 0.4) is 0 Å². The molecule has 0 saturated heterocycles. The first kappa shape index (κ1) is 17.0. The zero-order chi connectivity index (χ0) is 15.0. The number of likely N-dealkylation sites (N-methyl/N-ethyl adjacent to an activating group) is 1. The van der Waals surface area contributed by atoms with E-state index >= 15 is 0 Å². The van der Waals surface area contributed by atoms with Crippen molar-refractivity contribution < 1.29 is 0 Å². The zero-order valence-electron chi connectivity index (χ0n) is 13.4. The Balaban J connectivity index is 2.27. The minimum absolute atomic E-state index is 0.163. The number of thiophene rings is 1. The lowest BCUT2D eigenvalue weighted by atomic mass is 10.1. The first-order valence-corrected chi connectivity index (χ1v) is 7.99. The van der Waals surface area contributed by atoms with Gasteiger partial charge in [0.15, 0.2) is 5.96 Å². The predicted molar refractivity (Wildman–Crippen MR) is 89.8 cm³/mol. The Hall–Kier alpha value is -1.07. The van der Waals surface area contributed by atoms with Gasteiger partial charge in [-0.15, -0.1) is 11.3 Å². The third-order valence-electron chi connectivity index (χ3n) is 2.91. The molecule has 1 rings (SSSR count). The standard InChI is InChI=1S/C15H28N4S/c1-15(2,3)18-10-9-17-14(16-4)19(5)11-8-13-7-6-12-20-13/h6-7,12,18H,8-11H2,1-5H3,(H,16,17). The van der Waals surface area contributed by atoms with Gasteiger partial charge in [0.1, 0.15) is 0 Å². The summed E-state index contributed by atoms with van der Waals surface area (Å²) in [5.41, 5.74) is 0.163. The van der Waals surface area contributed by atoms with Crippen LogP contribution in [0.4, 0.5) is 0 Å². The van der Waals surface area contributed by atoms with E-state index in [1.54, 1.807) is 0 Å². The van der Waals surface area contributed by atoms with Crippen molar-refractivity contribution in [2.45, 2.75) is 32.7 Å². The van der Waals surface area contributed by atoms with Crippen molar-refractivity contribution in [3.63, 3.8) is 0 Å². The van der Waals surface area contributed by atoms with Crippen LogP contribution in [0.2, 0.25) is 0 Å². The number of nitrogens with zero attached hydrogens (tertiary/aromatic N) is 2. The molecule has 0 amide bonds. The molecule has 0 unspecified atom stereocenters. The van der Waals surface area contributed by atoms with Crippen molar-refractivity contribution in [2.75, 3.05) is 33.7 Å². The summed E-state index contributed by atoms with van der Waals surface area (Å²) in [4.78, 5) is 7.92. The SMILES string of the molecule is CN=C(NCCNC(C)(C)C)N(C)CCc1cccs1. The van der Waals surface area contributed by atoms with Gasteiger partial charge in [-0.1, -0.05) is 6.07 Å². The first-order chi connectivity index (χ1) is 9.42. The van der Waals surface area contributed by atoms with Crippen LogP contribution < -0.4 is 10.6 Å². The predicted octanol–water partition coefficient (Wildman–Crippen LogP) is 2.19. The molecule has 0 bridgehead atoms. The Morgan fingerprint density at radius 2 is 2.10 bits per heavy atom. The van der Waals surface area contributed by atoms with Gasteiger partial charge in [0.25, 0.3) is 0 Å². The third-order valence-corrected chi connectivity index (χ3v) is 3.85. The molecule has 0 aliphatic rings. The fraction of sp³-hybridized carbons (Fsp3) is 0.667. The summed E-state index contributed by atoms with van der Waals surface area (Å²) < 4.78 is 0. The van der Waals surface area contributed by atoms with E-state index in [1.165, 1.54) is 4.88 Å². The van der Waals surface area contributed by atoms with Crippen molar-refractivity contribution >= 4 is 17.3 Å². The molecule has 2 N–H and O–H groups in total. The lowest BCUT2D eigenvalue weighted by Crippen LogP contribution is -2.45. The molecule has 0 saturated carbocycles. The van der Waals surface area contributed by atoms with Crippen LogP contribution in [0.5, 0.6) is 0 Å². The van der Waals surface area contributed by atoms with Gasteiger partial charge in [-0.3, -0.25) is 4.99 Å². The summed E-state index contributed by atoms with van der Waals surface area (Å²) in [6, 6.07) is 4.28. The summed E-state index contributed by atoms with van der Waals surface area (Å²) in [6.45, 7) is 9.32. The van der Waals surface area contributed by atoms with Gasteiger partial charge in [-0.2, -0.15) is 0 Å². The molecule has 114 valence electrons. The minimum Gasteiger partial charge on any atom is -0.355 e. The van der Waals surface area contributed by atoms with Crippen molar-refractivity contribution in [3.8, 4) is 0 Å². The van der Waals surface area contributed by atoms with Gasteiger partial charge in [-0.05, 0) is 38.6 Å². The van der Waals surface area contributed by atoms with E-state index in [0.717, 1.165) is 32.0 Å². The quantitative estimate of drug-likeness (QED) is 0.480. The molecule has 0 aliphatic heterocycles. The normalized spacial score (nSPS) is 12.6. The molecular weight excluding hydrogens is 268 g/mol. The molecule has 0 radical (unpaired) electrons. The van der Waals surface area contributed by atoms with E-state index < -0.39 is 0 Å². The van der Waals surface area contributed by atoms with Gasteiger partial charge >= 0.3 is 0 Å². The molecule has 0 aromatic carbocycles. The van der Waals surface area contributed by atoms with Gasteiger partial charge in [-0.25, -0.2) is 0 Å². The monoisotopic (exact) mass is 296 g/mol. The highest BCUT2D eigenvalue weighted by Crippen LogP contribution is 2.09. The molecule has 4 nitrogen and oxygen atoms in total. The Kier molecular flexibility index (Phi) is 7.02. The average molecular weight is 296 g/mol. The van der Waals surface area contributed by atoms with Crippen LogP contribution in [0.15, 0.2) is 22.5 Å². The third kappa shape index (κ3) is 6.91. The summed E-state index contributed by atoms with van der Waals surface area (Å²) in [5.74, 6) is 0.956. The minimum atomic E-state index is 0.163. The number of hydrogen-bond acceptors (Lipinski definition) is 3. The molecule has 0 fully saturated rings. The molecule has 5 heteroatoms. The Morgan fingerprint density at radius 1 is 1.35 bits per heavy atom. The van der Waals surface area contributed by atoms with E-state index in [4.69, 9.17) is 0 Å². The number of hydrogen-bond donors (Lipinski definition) is 2. The summed E-state index contributed by atoms with van der Waals surface area (Å²) in [6.07, 6.45) is 1.06. The van der Waals surface area contributed by atoms with Crippen LogP contribution in [0.1, 0.15) is 25.6 Å². The topological polar surface area (TPSA) is 39.7 Å². The zero-order valence-corrected chi connectivity index (χ0v) is 14.2. The lowest BCUT2D eigenvalue weighted by Gasteiger charge is -2.24. The second-order valence-electron chi connectivity index (χ2n) is 5.90. The maximum atomic E-state index is 4.33. The first-order valence-electron chi connectivity index (χ1n) is 7.11. The summed E-state index contributed by atoms with van der Waals surface area (Å²) in [5, 5.41) is 8.97. The fourth-order valence-electron chi connectivity index (χ4n) is 1.84. The largest absolute Gasteiger partial charge is 0.355 e. The van der Waals surface area contributed by atoms with E-state index in [2.05, 4.69) is 65.9 Å². The van der Waals surface area contributed by atoms with Crippen LogP contribution >= 0.6 is 11.3 Å². The Labute approximate surface area is 127 Å². The number of aliphatic imine (C=N–C) groups is 1. The van der Waals surface area contributed by atoms with Crippen molar-refractivity contribution in [1.82, 2.24) is 15.5 Å². The maximum Gasteiger partial charge on any atom is 0.193 e. The molecule has 1 aromatic heterocycles. The maximum absolute atomic E-state index is 4.33. The van der Waals surface area contributed by atoms with Crippen molar-refractivity contribution in [1.29, 1.82) is 0 Å². The number of guanidine groups is 1. The van der Waals surface area contributed by atoms with Crippen molar-refractivity contribution in [2.24, 2.45) is 4.99 Å². The number of nitrogens with one attached hydrogen (secondary N) is 2. The molecule has 20 heavy (non-hydrogen) atoms. The van der Waals surface area contributed by atoms with Gasteiger partial charge in [0, 0.05) is 44.1 Å². The van der Waals surface area contributed by atoms with Crippen LogP contribution in [-0.4, -0.2) is 50.1 Å². The summed E-state index contributed by atoms with van der Waals surface area (Å²) in [7, 11) is 3.92. The molecule has 0 spiro atoms. The molecule has 1 heterocycles. The second-order valence-corrected chi connectivity index (χ2v) is 6.93. The highest BCUT2D eigenvalue weighted by Gasteiger charge is 2.09. The van der Waals surface area contributed by atoms with Crippen molar-refractivity contribution in [3.05, 3.63) is 22.4 Å². The smallest absolute Gasteiger partial charge is 0.193 e. The van der Waals surface area contributed by atoms with E-state index in [9.17, 15) is 0 Å². The van der Waals surface area contributed by atoms with Crippen LogP contribution in [0, 0.1) is 0 Å². The Morgan fingerprint density at radius 3 is 2.65 bits per heavy atom. The highest BCUT2D eigenvalue weighted by atomic mass is 32.1. The molecular formula is C15H28N4S. The van der Waals surface area contributed by atoms with E-state index in [1.807, 2.05) is 18.4 Å². The summed E-state index contributed by atoms with van der Waals surface area (Å²) >= 11 is 1.81. The van der Waals surface area contributed by atoms with Crippen LogP contribution in [-0.2, 0) is 6.42 Å². The fourth-order valence-corrected chi connectivity index (χ4v) is 2.53. The number of rotatable bonds is 6. The van der Waals surface area contributed by atoms with Gasteiger partial charge < -0.3 is 15.5 Å². The molecule has 1 aromatic rings. The highest BCUT2D eigenvalue weighted by molar-refractivity contribution is 7.09. The lowest BCUT2D eigenvalue weighted by molar-refractivity contribution is 0.423. The molecule has 0 aliphatic carbocycles. The van der Waals surface area contributed by atoms with Gasteiger partial charge in [0.2, 0.25) is 0 Å². The average Bonchev–Trinajstić information content (AvgIpc) is 2.88. The van der Waals surface area contributed by atoms with E-state index in [0.29, 0.717) is 0 Å². The van der Waals surface area contributed by atoms with Crippen LogP contribution in [0.25, 0.3) is 0 Å². The second kappa shape index (κ2) is 8.27. The Bertz CT molecular complexity index is 393. The molecule has 0 atom stereocenters. The van der Waals surface area contributed by atoms with E-state index in [-0.39, 0.29) is 5.54 Å².